The molecule has 1 aromatic heterocycles. The molecule has 0 spiro atoms. The van der Waals surface area contributed by atoms with Crippen molar-refractivity contribution in [3.05, 3.63) is 70.1 Å². The third kappa shape index (κ3) is 4.96. The van der Waals surface area contributed by atoms with Gasteiger partial charge in [0, 0.05) is 43.1 Å². The average molecular weight is 448 g/mol. The first kappa shape index (κ1) is 23.1. The first-order valence-electron chi connectivity index (χ1n) is 11.6. The summed E-state index contributed by atoms with van der Waals surface area (Å²) < 4.78 is 10.9. The fraction of sp³-hybridized carbons (Fsp3) is 0.407. The van der Waals surface area contributed by atoms with Crippen LogP contribution in [-0.4, -0.2) is 37.4 Å². The van der Waals surface area contributed by atoms with Gasteiger partial charge in [0.25, 0.3) is 5.91 Å². The van der Waals surface area contributed by atoms with E-state index in [0.29, 0.717) is 23.9 Å². The van der Waals surface area contributed by atoms with Crippen LogP contribution in [-0.2, 0) is 11.3 Å². The number of carbonyl (C=O) groups excluding carboxylic acids is 1. The van der Waals surface area contributed by atoms with E-state index in [9.17, 15) is 4.79 Å². The van der Waals surface area contributed by atoms with Crippen molar-refractivity contribution in [3.63, 3.8) is 0 Å². The predicted octanol–water partition coefficient (Wildman–Crippen LogP) is 5.12. The molecule has 0 atom stereocenters. The van der Waals surface area contributed by atoms with Crippen molar-refractivity contribution in [2.24, 2.45) is 0 Å². The van der Waals surface area contributed by atoms with E-state index in [0.717, 1.165) is 59.7 Å². The molecule has 2 heterocycles. The Bertz CT molecular complexity index is 1130. The highest BCUT2D eigenvalue weighted by Gasteiger charge is 2.23. The van der Waals surface area contributed by atoms with Crippen molar-refractivity contribution in [3.8, 4) is 11.1 Å². The maximum absolute atomic E-state index is 13.3. The van der Waals surface area contributed by atoms with Gasteiger partial charge in [0.15, 0.2) is 5.76 Å². The molecule has 1 amide bonds. The third-order valence-corrected chi connectivity index (χ3v) is 6.79. The Kier molecular flexibility index (Phi) is 6.84. The first-order chi connectivity index (χ1) is 15.8. The number of hydrogen-bond acceptors (Lipinski definition) is 5. The van der Waals surface area contributed by atoms with Crippen LogP contribution in [0.1, 0.15) is 51.3 Å². The van der Waals surface area contributed by atoms with Crippen LogP contribution in [0.25, 0.3) is 11.1 Å². The van der Waals surface area contributed by atoms with E-state index in [-0.39, 0.29) is 5.91 Å². The lowest BCUT2D eigenvalue weighted by Crippen LogP contribution is -2.37. The fourth-order valence-corrected chi connectivity index (χ4v) is 4.37. The van der Waals surface area contributed by atoms with Gasteiger partial charge in [-0.2, -0.15) is 0 Å². The third-order valence-electron chi connectivity index (χ3n) is 6.79. The van der Waals surface area contributed by atoms with Gasteiger partial charge < -0.3 is 19.5 Å². The van der Waals surface area contributed by atoms with Gasteiger partial charge in [0.2, 0.25) is 0 Å². The molecular formula is C27H33N3O3. The Hall–Kier alpha value is -3.12. The minimum atomic E-state index is -0.114. The van der Waals surface area contributed by atoms with Crippen LogP contribution in [0.15, 0.2) is 40.9 Å². The van der Waals surface area contributed by atoms with Gasteiger partial charge in [-0.3, -0.25) is 4.79 Å². The van der Waals surface area contributed by atoms with Crippen molar-refractivity contribution >= 4 is 11.6 Å². The fourth-order valence-electron chi connectivity index (χ4n) is 4.37. The van der Waals surface area contributed by atoms with Crippen LogP contribution >= 0.6 is 0 Å². The standard InChI is InChI=1S/C27H33N3O3/c1-17-6-8-21(9-7-17)22-14-24(27(31)28-16-26-18(2)20(4)29-33-26)19(3)25(15-22)30(5)23-10-12-32-13-11-23/h6-9,14-15,23H,10-13,16H2,1-5H3,(H,28,31). The highest BCUT2D eigenvalue weighted by molar-refractivity contribution is 5.98. The number of carbonyl (C=O) groups is 1. The SMILES string of the molecule is Cc1ccc(-c2cc(C(=O)NCc3onc(C)c3C)c(C)c(N(C)C3CCOCC3)c2)cc1. The van der Waals surface area contributed by atoms with Gasteiger partial charge in [-0.25, -0.2) is 0 Å². The number of aryl methyl sites for hydroxylation is 2. The highest BCUT2D eigenvalue weighted by atomic mass is 16.5. The van der Waals surface area contributed by atoms with Crippen LogP contribution in [0.3, 0.4) is 0 Å². The van der Waals surface area contributed by atoms with Crippen LogP contribution in [0, 0.1) is 27.7 Å². The summed E-state index contributed by atoms with van der Waals surface area (Å²) in [5.41, 5.74) is 7.89. The van der Waals surface area contributed by atoms with Crippen molar-refractivity contribution in [1.82, 2.24) is 10.5 Å². The maximum atomic E-state index is 13.3. The molecule has 1 N–H and O–H groups in total. The van der Waals surface area contributed by atoms with E-state index in [1.54, 1.807) is 0 Å². The Balaban J connectivity index is 1.69. The second-order valence-corrected chi connectivity index (χ2v) is 8.99. The van der Waals surface area contributed by atoms with Gasteiger partial charge in [0.1, 0.15) is 0 Å². The van der Waals surface area contributed by atoms with Crippen molar-refractivity contribution in [2.45, 2.75) is 53.1 Å². The van der Waals surface area contributed by atoms with E-state index in [1.165, 1.54) is 5.56 Å². The first-order valence-corrected chi connectivity index (χ1v) is 11.6. The lowest BCUT2D eigenvalue weighted by atomic mass is 9.95. The number of anilines is 1. The molecule has 0 unspecified atom stereocenters. The molecular weight excluding hydrogens is 414 g/mol. The number of aromatic nitrogens is 1. The maximum Gasteiger partial charge on any atom is 0.252 e. The molecule has 4 rings (SSSR count). The number of nitrogens with zero attached hydrogens (tertiary/aromatic N) is 2. The van der Waals surface area contributed by atoms with Crippen molar-refractivity contribution in [1.29, 1.82) is 0 Å². The van der Waals surface area contributed by atoms with E-state index >= 15 is 0 Å². The Morgan fingerprint density at radius 3 is 2.36 bits per heavy atom. The van der Waals surface area contributed by atoms with E-state index < -0.39 is 0 Å². The van der Waals surface area contributed by atoms with Crippen molar-refractivity contribution < 1.29 is 14.1 Å². The predicted molar refractivity (Wildman–Crippen MR) is 131 cm³/mol. The molecule has 1 fully saturated rings. The van der Waals surface area contributed by atoms with Gasteiger partial charge in [-0.1, -0.05) is 35.0 Å². The largest absolute Gasteiger partial charge is 0.381 e. The number of hydrogen-bond donors (Lipinski definition) is 1. The Morgan fingerprint density at radius 2 is 1.73 bits per heavy atom. The molecule has 33 heavy (non-hydrogen) atoms. The molecule has 0 aliphatic carbocycles. The Labute approximate surface area is 195 Å². The molecule has 1 aliphatic rings. The number of benzene rings is 2. The van der Waals surface area contributed by atoms with Gasteiger partial charge in [-0.05, 0) is 69.4 Å². The zero-order valence-electron chi connectivity index (χ0n) is 20.2. The zero-order valence-corrected chi connectivity index (χ0v) is 20.2. The highest BCUT2D eigenvalue weighted by Crippen LogP contribution is 2.33. The van der Waals surface area contributed by atoms with Gasteiger partial charge >= 0.3 is 0 Å². The van der Waals surface area contributed by atoms with E-state index in [4.69, 9.17) is 9.26 Å². The summed E-state index contributed by atoms with van der Waals surface area (Å²) in [6.45, 7) is 9.82. The quantitative estimate of drug-likeness (QED) is 0.568. The minimum Gasteiger partial charge on any atom is -0.381 e. The van der Waals surface area contributed by atoms with Crippen LogP contribution in [0.4, 0.5) is 5.69 Å². The molecule has 3 aromatic rings. The number of ether oxygens (including phenoxy) is 1. The number of rotatable bonds is 6. The summed E-state index contributed by atoms with van der Waals surface area (Å²) >= 11 is 0. The second kappa shape index (κ2) is 9.79. The summed E-state index contributed by atoms with van der Waals surface area (Å²) in [6.07, 6.45) is 1.96. The summed E-state index contributed by atoms with van der Waals surface area (Å²) in [4.78, 5) is 15.6. The molecule has 174 valence electrons. The monoisotopic (exact) mass is 447 g/mol. The van der Waals surface area contributed by atoms with E-state index in [1.807, 2.05) is 26.8 Å². The molecule has 2 aromatic carbocycles. The summed E-state index contributed by atoms with van der Waals surface area (Å²) in [5.74, 6) is 0.573. The minimum absolute atomic E-state index is 0.114. The molecule has 1 saturated heterocycles. The lowest BCUT2D eigenvalue weighted by molar-refractivity contribution is 0.0854. The van der Waals surface area contributed by atoms with Crippen LogP contribution < -0.4 is 10.2 Å². The Morgan fingerprint density at radius 1 is 1.03 bits per heavy atom. The molecule has 0 bridgehead atoms. The van der Waals surface area contributed by atoms with Gasteiger partial charge in [-0.15, -0.1) is 0 Å². The van der Waals surface area contributed by atoms with Crippen LogP contribution in [0.5, 0.6) is 0 Å². The normalized spacial score (nSPS) is 14.3. The second-order valence-electron chi connectivity index (χ2n) is 8.99. The lowest BCUT2D eigenvalue weighted by Gasteiger charge is -2.34. The smallest absolute Gasteiger partial charge is 0.252 e. The average Bonchev–Trinajstić information content (AvgIpc) is 3.15. The molecule has 1 aliphatic heterocycles. The molecule has 0 saturated carbocycles. The topological polar surface area (TPSA) is 67.6 Å². The molecule has 6 heteroatoms. The summed E-state index contributed by atoms with van der Waals surface area (Å²) in [5, 5.41) is 7.02. The number of amides is 1. The van der Waals surface area contributed by atoms with Crippen LogP contribution in [0.2, 0.25) is 0 Å². The summed E-state index contributed by atoms with van der Waals surface area (Å²) in [7, 11) is 2.12. The molecule has 6 nitrogen and oxygen atoms in total. The van der Waals surface area contributed by atoms with Gasteiger partial charge in [0.05, 0.1) is 12.2 Å². The van der Waals surface area contributed by atoms with Crippen molar-refractivity contribution in [2.75, 3.05) is 25.2 Å². The zero-order chi connectivity index (χ0) is 23.5. The summed E-state index contributed by atoms with van der Waals surface area (Å²) in [6, 6.07) is 13.0. The van der Waals surface area contributed by atoms with E-state index in [2.05, 4.69) is 59.7 Å². The molecule has 0 radical (unpaired) electrons. The number of nitrogens with one attached hydrogen (secondary N) is 1.